The van der Waals surface area contributed by atoms with E-state index < -0.39 is 29.8 Å². The Balaban J connectivity index is 1.79. The van der Waals surface area contributed by atoms with Crippen LogP contribution in [0.3, 0.4) is 0 Å². The molecule has 0 spiro atoms. The number of para-hydroxylation sites is 1. The molecule has 9 nitrogen and oxygen atoms in total. The number of ether oxygens (including phenoxy) is 1. The minimum Gasteiger partial charge on any atom is -0.491 e. The maximum Gasteiger partial charge on any atom is 0.255 e. The molecule has 0 radical (unpaired) electrons. The largest absolute Gasteiger partial charge is 0.491 e. The summed E-state index contributed by atoms with van der Waals surface area (Å²) in [6.07, 6.45) is 1.87. The molecule has 38 heavy (non-hydrogen) atoms. The predicted molar refractivity (Wildman–Crippen MR) is 145 cm³/mol. The third-order valence-corrected chi connectivity index (χ3v) is 6.78. The van der Waals surface area contributed by atoms with Crippen molar-refractivity contribution in [3.63, 3.8) is 0 Å². The van der Waals surface area contributed by atoms with Crippen molar-refractivity contribution in [1.82, 2.24) is 20.9 Å². The maximum absolute atomic E-state index is 13.2. The number of benzene rings is 2. The van der Waals surface area contributed by atoms with Crippen LogP contribution in [0.5, 0.6) is 5.75 Å². The van der Waals surface area contributed by atoms with Gasteiger partial charge in [-0.1, -0.05) is 62.7 Å². The number of carbonyl (C=O) groups is 4. The van der Waals surface area contributed by atoms with Gasteiger partial charge in [0.1, 0.15) is 24.4 Å². The van der Waals surface area contributed by atoms with Crippen LogP contribution < -0.4 is 20.7 Å². The Morgan fingerprint density at radius 1 is 1.08 bits per heavy atom. The van der Waals surface area contributed by atoms with Crippen molar-refractivity contribution in [3.05, 3.63) is 65.7 Å². The number of carbonyl (C=O) groups excluding carboxylic acids is 4. The molecular weight excluding hydrogens is 484 g/mol. The summed E-state index contributed by atoms with van der Waals surface area (Å²) in [6, 6.07) is 14.8. The zero-order valence-corrected chi connectivity index (χ0v) is 22.4. The number of nitrogens with zero attached hydrogens (tertiary/aromatic N) is 1. The Hall–Kier alpha value is -3.88. The lowest BCUT2D eigenvalue weighted by Crippen LogP contribution is -2.54. The second-order valence-electron chi connectivity index (χ2n) is 9.65. The van der Waals surface area contributed by atoms with Crippen molar-refractivity contribution in [2.75, 3.05) is 26.7 Å². The summed E-state index contributed by atoms with van der Waals surface area (Å²) < 4.78 is 5.84. The summed E-state index contributed by atoms with van der Waals surface area (Å²) in [4.78, 5) is 54.1. The lowest BCUT2D eigenvalue weighted by Gasteiger charge is -2.29. The Bertz CT molecular complexity index is 1110. The van der Waals surface area contributed by atoms with Crippen molar-refractivity contribution in [2.24, 2.45) is 5.92 Å². The van der Waals surface area contributed by atoms with Crippen LogP contribution >= 0.6 is 0 Å². The lowest BCUT2D eigenvalue weighted by molar-refractivity contribution is -0.137. The van der Waals surface area contributed by atoms with E-state index in [1.807, 2.05) is 44.2 Å². The molecule has 3 N–H and O–H groups in total. The summed E-state index contributed by atoms with van der Waals surface area (Å²) >= 11 is 0. The second-order valence-corrected chi connectivity index (χ2v) is 9.65. The molecule has 0 bridgehead atoms. The molecule has 4 amide bonds. The van der Waals surface area contributed by atoms with E-state index in [4.69, 9.17) is 4.74 Å². The Morgan fingerprint density at radius 2 is 1.79 bits per heavy atom. The van der Waals surface area contributed by atoms with Gasteiger partial charge in [-0.2, -0.15) is 0 Å². The molecule has 0 fully saturated rings. The van der Waals surface area contributed by atoms with Gasteiger partial charge < -0.3 is 25.6 Å². The normalized spacial score (nSPS) is 19.8. The van der Waals surface area contributed by atoms with E-state index >= 15 is 0 Å². The topological polar surface area (TPSA) is 117 Å². The number of amides is 4. The Morgan fingerprint density at radius 3 is 2.53 bits per heavy atom. The zero-order chi connectivity index (χ0) is 27.5. The summed E-state index contributed by atoms with van der Waals surface area (Å²) in [5.41, 5.74) is 1.41. The molecule has 2 aromatic carbocycles. The van der Waals surface area contributed by atoms with Crippen LogP contribution in [0.2, 0.25) is 0 Å². The SMILES string of the molecule is CC[C@H](C)[C@@H]1NC(=O)C[C@@H](C(=O)NCCCc2ccccc2)NC(=O)c2ccccc2OCCN(C)C1=O. The number of fused-ring (bicyclic) bond motifs is 1. The van der Waals surface area contributed by atoms with Crippen LogP contribution in [-0.2, 0) is 20.8 Å². The van der Waals surface area contributed by atoms with Crippen molar-refractivity contribution < 1.29 is 23.9 Å². The van der Waals surface area contributed by atoms with Gasteiger partial charge in [0, 0.05) is 13.6 Å². The van der Waals surface area contributed by atoms with E-state index in [0.29, 0.717) is 25.1 Å². The number of nitrogens with one attached hydrogen (secondary N) is 3. The number of rotatable bonds is 7. The smallest absolute Gasteiger partial charge is 0.255 e. The first-order valence-corrected chi connectivity index (χ1v) is 13.2. The fraction of sp³-hybridized carbons (Fsp3) is 0.448. The van der Waals surface area contributed by atoms with Crippen molar-refractivity contribution in [1.29, 1.82) is 0 Å². The van der Waals surface area contributed by atoms with Crippen LogP contribution in [0.25, 0.3) is 0 Å². The van der Waals surface area contributed by atoms with E-state index in [2.05, 4.69) is 16.0 Å². The van der Waals surface area contributed by atoms with Gasteiger partial charge in [-0.3, -0.25) is 19.2 Å². The zero-order valence-electron chi connectivity index (χ0n) is 22.4. The summed E-state index contributed by atoms with van der Waals surface area (Å²) in [7, 11) is 1.66. The molecule has 3 rings (SSSR count). The minimum atomic E-state index is -1.12. The third-order valence-electron chi connectivity index (χ3n) is 6.78. The highest BCUT2D eigenvalue weighted by molar-refractivity contribution is 6.01. The van der Waals surface area contributed by atoms with Crippen molar-refractivity contribution in [2.45, 2.75) is 51.6 Å². The van der Waals surface area contributed by atoms with E-state index in [1.54, 1.807) is 31.3 Å². The number of hydrogen-bond donors (Lipinski definition) is 3. The van der Waals surface area contributed by atoms with Gasteiger partial charge in [-0.15, -0.1) is 0 Å². The molecule has 9 heteroatoms. The molecule has 0 unspecified atom stereocenters. The second kappa shape index (κ2) is 14.2. The summed E-state index contributed by atoms with van der Waals surface area (Å²) in [6.45, 7) is 4.68. The Kier molecular flexibility index (Phi) is 10.7. The molecule has 204 valence electrons. The van der Waals surface area contributed by atoms with Crippen molar-refractivity contribution in [3.8, 4) is 5.75 Å². The van der Waals surface area contributed by atoms with E-state index in [0.717, 1.165) is 12.0 Å². The highest BCUT2D eigenvalue weighted by Gasteiger charge is 2.31. The van der Waals surface area contributed by atoms with Crippen molar-refractivity contribution >= 4 is 23.6 Å². The summed E-state index contributed by atoms with van der Waals surface area (Å²) in [5, 5.41) is 8.36. The minimum absolute atomic E-state index is 0.122. The first kappa shape index (κ1) is 28.7. The molecule has 1 aliphatic rings. The fourth-order valence-corrected chi connectivity index (χ4v) is 4.24. The van der Waals surface area contributed by atoms with E-state index in [9.17, 15) is 19.2 Å². The molecule has 0 saturated carbocycles. The number of aryl methyl sites for hydroxylation is 1. The average molecular weight is 523 g/mol. The molecule has 0 aromatic heterocycles. The molecule has 0 aliphatic carbocycles. The fourth-order valence-electron chi connectivity index (χ4n) is 4.24. The number of hydrogen-bond acceptors (Lipinski definition) is 5. The lowest BCUT2D eigenvalue weighted by atomic mass is 9.97. The molecule has 1 heterocycles. The highest BCUT2D eigenvalue weighted by Crippen LogP contribution is 2.19. The molecule has 1 aliphatic heterocycles. The number of likely N-dealkylation sites (N-methyl/N-ethyl adjacent to an activating group) is 1. The van der Waals surface area contributed by atoms with Crippen LogP contribution in [0.1, 0.15) is 49.0 Å². The van der Waals surface area contributed by atoms with Gasteiger partial charge in [0.2, 0.25) is 17.7 Å². The van der Waals surface area contributed by atoms with E-state index in [-0.39, 0.29) is 37.0 Å². The van der Waals surface area contributed by atoms with Gasteiger partial charge in [-0.25, -0.2) is 0 Å². The van der Waals surface area contributed by atoms with Crippen LogP contribution in [-0.4, -0.2) is 67.4 Å². The standard InChI is InChI=1S/C29H38N4O5/c1-4-20(2)26-29(37)33(3)17-18-38-24-15-9-8-14-22(24)27(35)31-23(19-25(34)32-26)28(36)30-16-10-13-21-11-6-5-7-12-21/h5-9,11-12,14-15,20,23,26H,4,10,13,16-19H2,1-3H3,(H,30,36)(H,31,35)(H,32,34)/t20-,23-,26-/m0/s1. The average Bonchev–Trinajstić information content (AvgIpc) is 2.93. The molecule has 0 saturated heterocycles. The van der Waals surface area contributed by atoms with Gasteiger partial charge >= 0.3 is 0 Å². The van der Waals surface area contributed by atoms with Gasteiger partial charge in [0.15, 0.2) is 0 Å². The highest BCUT2D eigenvalue weighted by atomic mass is 16.5. The van der Waals surface area contributed by atoms with E-state index in [1.165, 1.54) is 4.90 Å². The van der Waals surface area contributed by atoms with Crippen LogP contribution in [0, 0.1) is 5.92 Å². The molecule has 2 aromatic rings. The predicted octanol–water partition coefficient (Wildman–Crippen LogP) is 2.31. The quantitative estimate of drug-likeness (QED) is 0.483. The first-order valence-electron chi connectivity index (χ1n) is 13.2. The molecular formula is C29H38N4O5. The van der Waals surface area contributed by atoms with Gasteiger partial charge in [0.25, 0.3) is 5.91 Å². The monoisotopic (exact) mass is 522 g/mol. The molecule has 3 atom stereocenters. The Labute approximate surface area is 224 Å². The maximum atomic E-state index is 13.2. The van der Waals surface area contributed by atoms with Crippen LogP contribution in [0.15, 0.2) is 54.6 Å². The third kappa shape index (κ3) is 8.06. The summed E-state index contributed by atoms with van der Waals surface area (Å²) in [5.74, 6) is -1.47. The van der Waals surface area contributed by atoms with Crippen LogP contribution in [0.4, 0.5) is 0 Å². The van der Waals surface area contributed by atoms with Gasteiger partial charge in [0.05, 0.1) is 18.5 Å². The van der Waals surface area contributed by atoms with Gasteiger partial charge in [-0.05, 0) is 36.5 Å². The first-order chi connectivity index (χ1) is 18.3.